The Morgan fingerprint density at radius 2 is 1.96 bits per heavy atom. The van der Waals surface area contributed by atoms with Crippen LogP contribution in [0.4, 0.5) is 11.4 Å². The number of halogens is 1. The van der Waals surface area contributed by atoms with E-state index in [9.17, 15) is 4.79 Å². The molecule has 0 saturated carbocycles. The second kappa shape index (κ2) is 7.85. The van der Waals surface area contributed by atoms with E-state index in [0.717, 1.165) is 49.8 Å². The maximum atomic E-state index is 12.5. The van der Waals surface area contributed by atoms with Crippen molar-refractivity contribution in [3.8, 4) is 0 Å². The minimum atomic E-state index is -0.178. The predicted octanol–water partition coefficient (Wildman–Crippen LogP) is 3.44. The Hall–Kier alpha value is -2.11. The van der Waals surface area contributed by atoms with Crippen molar-refractivity contribution >= 4 is 28.9 Å². The summed E-state index contributed by atoms with van der Waals surface area (Å²) in [7, 11) is 0. The van der Waals surface area contributed by atoms with Crippen molar-refractivity contribution in [1.82, 2.24) is 9.88 Å². The van der Waals surface area contributed by atoms with Gasteiger partial charge in [-0.1, -0.05) is 18.5 Å². The molecule has 2 heterocycles. The maximum absolute atomic E-state index is 12.5. The number of aryl methyl sites for hydroxylation is 1. The summed E-state index contributed by atoms with van der Waals surface area (Å²) in [6, 6.07) is 9.27. The van der Waals surface area contributed by atoms with Gasteiger partial charge < -0.3 is 15.1 Å². The fraction of sp³-hybridized carbons (Fsp3) is 0.368. The van der Waals surface area contributed by atoms with Crippen LogP contribution in [0.1, 0.15) is 23.0 Å². The van der Waals surface area contributed by atoms with Gasteiger partial charge in [0.05, 0.1) is 16.9 Å². The van der Waals surface area contributed by atoms with Crippen LogP contribution in [0.15, 0.2) is 36.5 Å². The number of carbonyl (C=O) groups excluding carboxylic acids is 1. The fourth-order valence-corrected chi connectivity index (χ4v) is 3.16. The van der Waals surface area contributed by atoms with Crippen molar-refractivity contribution in [2.24, 2.45) is 0 Å². The lowest BCUT2D eigenvalue weighted by atomic mass is 10.2. The average Bonchev–Trinajstić information content (AvgIpc) is 2.62. The monoisotopic (exact) mass is 358 g/mol. The molecule has 2 aromatic rings. The smallest absolute Gasteiger partial charge is 0.257 e. The van der Waals surface area contributed by atoms with Crippen LogP contribution in [0.5, 0.6) is 0 Å². The van der Waals surface area contributed by atoms with Crippen molar-refractivity contribution < 1.29 is 4.79 Å². The molecule has 5 nitrogen and oxygen atoms in total. The fourth-order valence-electron chi connectivity index (χ4n) is 2.99. The Bertz CT molecular complexity index is 740. The summed E-state index contributed by atoms with van der Waals surface area (Å²) in [4.78, 5) is 21.5. The summed E-state index contributed by atoms with van der Waals surface area (Å²) in [6.45, 7) is 9.06. The summed E-state index contributed by atoms with van der Waals surface area (Å²) in [5.41, 5.74) is 3.16. The van der Waals surface area contributed by atoms with Crippen LogP contribution in [0.2, 0.25) is 5.02 Å². The number of rotatable bonds is 4. The first-order chi connectivity index (χ1) is 12.1. The van der Waals surface area contributed by atoms with Gasteiger partial charge in [-0.05, 0) is 43.8 Å². The van der Waals surface area contributed by atoms with Gasteiger partial charge in [0.25, 0.3) is 5.91 Å². The molecule has 0 radical (unpaired) electrons. The van der Waals surface area contributed by atoms with Crippen LogP contribution in [-0.4, -0.2) is 48.5 Å². The molecule has 1 amide bonds. The first kappa shape index (κ1) is 17.7. The molecule has 1 fully saturated rings. The minimum Gasteiger partial charge on any atom is -0.367 e. The summed E-state index contributed by atoms with van der Waals surface area (Å²) in [5.74, 6) is -0.178. The van der Waals surface area contributed by atoms with Crippen LogP contribution < -0.4 is 10.2 Å². The molecule has 0 spiro atoms. The summed E-state index contributed by atoms with van der Waals surface area (Å²) in [5, 5.41) is 3.60. The molecule has 25 heavy (non-hydrogen) atoms. The molecular weight excluding hydrogens is 336 g/mol. The van der Waals surface area contributed by atoms with Crippen LogP contribution >= 0.6 is 11.6 Å². The first-order valence-electron chi connectivity index (χ1n) is 8.57. The Balaban J connectivity index is 1.79. The molecule has 1 aliphatic heterocycles. The van der Waals surface area contributed by atoms with Gasteiger partial charge in [0.1, 0.15) is 0 Å². The Labute approximate surface area is 153 Å². The van der Waals surface area contributed by atoms with Crippen molar-refractivity contribution in [3.05, 3.63) is 52.8 Å². The highest BCUT2D eigenvalue weighted by Gasteiger charge is 2.19. The molecule has 1 saturated heterocycles. The minimum absolute atomic E-state index is 0.178. The largest absolute Gasteiger partial charge is 0.367 e. The van der Waals surface area contributed by atoms with Crippen LogP contribution in [0, 0.1) is 6.92 Å². The van der Waals surface area contributed by atoms with E-state index >= 15 is 0 Å². The number of nitrogens with zero attached hydrogens (tertiary/aromatic N) is 3. The van der Waals surface area contributed by atoms with Crippen LogP contribution in [0.3, 0.4) is 0 Å². The molecule has 0 unspecified atom stereocenters. The molecule has 6 heteroatoms. The van der Waals surface area contributed by atoms with Crippen molar-refractivity contribution in [2.75, 3.05) is 42.9 Å². The molecule has 132 valence electrons. The quantitative estimate of drug-likeness (QED) is 0.909. The van der Waals surface area contributed by atoms with Gasteiger partial charge in [0, 0.05) is 43.1 Å². The van der Waals surface area contributed by atoms with Gasteiger partial charge in [0.15, 0.2) is 0 Å². The zero-order valence-corrected chi connectivity index (χ0v) is 15.4. The van der Waals surface area contributed by atoms with E-state index in [0.29, 0.717) is 10.6 Å². The Kier molecular flexibility index (Phi) is 5.56. The highest BCUT2D eigenvalue weighted by Crippen LogP contribution is 2.30. The van der Waals surface area contributed by atoms with Crippen LogP contribution in [0.25, 0.3) is 0 Å². The molecule has 3 rings (SSSR count). The third kappa shape index (κ3) is 4.30. The zero-order valence-electron chi connectivity index (χ0n) is 14.6. The van der Waals surface area contributed by atoms with E-state index in [2.05, 4.69) is 27.0 Å². The molecule has 1 aromatic heterocycles. The highest BCUT2D eigenvalue weighted by atomic mass is 35.5. The second-order valence-electron chi connectivity index (χ2n) is 6.23. The number of aromatic nitrogens is 1. The van der Waals surface area contributed by atoms with Gasteiger partial charge in [-0.3, -0.25) is 9.78 Å². The number of piperazine rings is 1. The van der Waals surface area contributed by atoms with E-state index in [-0.39, 0.29) is 5.91 Å². The van der Waals surface area contributed by atoms with Gasteiger partial charge in [-0.15, -0.1) is 0 Å². The predicted molar refractivity (Wildman–Crippen MR) is 103 cm³/mol. The third-order valence-electron chi connectivity index (χ3n) is 4.54. The van der Waals surface area contributed by atoms with E-state index in [1.807, 2.05) is 31.2 Å². The van der Waals surface area contributed by atoms with Crippen molar-refractivity contribution in [3.63, 3.8) is 0 Å². The molecular formula is C19H23ClN4O. The number of benzene rings is 1. The Morgan fingerprint density at radius 3 is 2.60 bits per heavy atom. The number of nitrogens with one attached hydrogen (secondary N) is 1. The SMILES string of the molecule is CCN1CCN(c2ccc(Cl)cc2NC(=O)c2ccc(C)nc2)CC1. The molecule has 0 aliphatic carbocycles. The topological polar surface area (TPSA) is 48.5 Å². The average molecular weight is 359 g/mol. The normalized spacial score (nSPS) is 15.2. The molecule has 1 N–H and O–H groups in total. The maximum Gasteiger partial charge on any atom is 0.257 e. The summed E-state index contributed by atoms with van der Waals surface area (Å²) >= 11 is 6.16. The number of anilines is 2. The number of amides is 1. The van der Waals surface area contributed by atoms with Crippen molar-refractivity contribution in [2.45, 2.75) is 13.8 Å². The lowest BCUT2D eigenvalue weighted by molar-refractivity contribution is 0.102. The standard InChI is InChI=1S/C19H23ClN4O/c1-3-23-8-10-24(11-9-23)18-7-6-16(20)12-17(18)22-19(25)15-5-4-14(2)21-13-15/h4-7,12-13H,3,8-11H2,1-2H3,(H,22,25). The van der Waals surface area contributed by atoms with Crippen LogP contribution in [-0.2, 0) is 0 Å². The number of carbonyl (C=O) groups is 1. The van der Waals surface area contributed by atoms with E-state index in [1.54, 1.807) is 12.3 Å². The first-order valence-corrected chi connectivity index (χ1v) is 8.95. The number of hydrogen-bond donors (Lipinski definition) is 1. The highest BCUT2D eigenvalue weighted by molar-refractivity contribution is 6.31. The van der Waals surface area contributed by atoms with Crippen molar-refractivity contribution in [1.29, 1.82) is 0 Å². The van der Waals surface area contributed by atoms with E-state index in [4.69, 9.17) is 11.6 Å². The summed E-state index contributed by atoms with van der Waals surface area (Å²) < 4.78 is 0. The third-order valence-corrected chi connectivity index (χ3v) is 4.78. The van der Waals surface area contributed by atoms with Gasteiger partial charge >= 0.3 is 0 Å². The Morgan fingerprint density at radius 1 is 1.20 bits per heavy atom. The second-order valence-corrected chi connectivity index (χ2v) is 6.66. The molecule has 0 bridgehead atoms. The van der Waals surface area contributed by atoms with E-state index in [1.165, 1.54) is 0 Å². The lowest BCUT2D eigenvalue weighted by Gasteiger charge is -2.36. The molecule has 1 aliphatic rings. The number of likely N-dealkylation sites (N-methyl/N-ethyl adjacent to an activating group) is 1. The lowest BCUT2D eigenvalue weighted by Crippen LogP contribution is -2.46. The zero-order chi connectivity index (χ0) is 17.8. The van der Waals surface area contributed by atoms with E-state index < -0.39 is 0 Å². The summed E-state index contributed by atoms with van der Waals surface area (Å²) in [6.07, 6.45) is 1.59. The van der Waals surface area contributed by atoms with Gasteiger partial charge in [-0.2, -0.15) is 0 Å². The van der Waals surface area contributed by atoms with Gasteiger partial charge in [0.2, 0.25) is 0 Å². The van der Waals surface area contributed by atoms with Gasteiger partial charge in [-0.25, -0.2) is 0 Å². The number of pyridine rings is 1. The number of hydrogen-bond acceptors (Lipinski definition) is 4. The molecule has 1 aromatic carbocycles. The molecule has 0 atom stereocenters.